The molecule has 1 rings (SSSR count). The van der Waals surface area contributed by atoms with Crippen molar-refractivity contribution in [1.82, 2.24) is 5.32 Å². The monoisotopic (exact) mass is 220 g/mol. The van der Waals surface area contributed by atoms with Gasteiger partial charge < -0.3 is 15.2 Å². The number of hydrogen-bond donors (Lipinski definition) is 2. The summed E-state index contributed by atoms with van der Waals surface area (Å²) >= 11 is 0. The van der Waals surface area contributed by atoms with E-state index in [1.54, 1.807) is 25.3 Å². The van der Waals surface area contributed by atoms with Crippen molar-refractivity contribution in [3.63, 3.8) is 0 Å². The zero-order valence-corrected chi connectivity index (χ0v) is 9.53. The van der Waals surface area contributed by atoms with Gasteiger partial charge in [0.2, 0.25) is 0 Å². The molecule has 2 N–H and O–H groups in total. The van der Waals surface area contributed by atoms with E-state index in [4.69, 9.17) is 10.00 Å². The molecule has 16 heavy (non-hydrogen) atoms. The maximum atomic E-state index is 9.59. The molecule has 1 aromatic rings. The number of hydrogen-bond acceptors (Lipinski definition) is 4. The van der Waals surface area contributed by atoms with E-state index in [2.05, 4.69) is 11.4 Å². The molecule has 4 heteroatoms. The lowest BCUT2D eigenvalue weighted by Crippen LogP contribution is -2.19. The molecule has 4 nitrogen and oxygen atoms in total. The molecule has 0 aliphatic carbocycles. The molecule has 0 radical (unpaired) electrons. The molecule has 86 valence electrons. The highest BCUT2D eigenvalue weighted by atomic mass is 16.5. The number of ether oxygens (including phenoxy) is 1. The summed E-state index contributed by atoms with van der Waals surface area (Å²) in [7, 11) is 1.58. The van der Waals surface area contributed by atoms with Crippen molar-refractivity contribution in [2.75, 3.05) is 13.7 Å². The summed E-state index contributed by atoms with van der Waals surface area (Å²) in [5.74, 6) is 0.911. The van der Waals surface area contributed by atoms with Gasteiger partial charge in [0.15, 0.2) is 0 Å². The smallest absolute Gasteiger partial charge is 0.120 e. The maximum Gasteiger partial charge on any atom is 0.120 e. The Kier molecular flexibility index (Phi) is 4.62. The van der Waals surface area contributed by atoms with Crippen molar-refractivity contribution in [2.24, 2.45) is 5.92 Å². The Morgan fingerprint density at radius 1 is 1.56 bits per heavy atom. The first kappa shape index (κ1) is 12.3. The van der Waals surface area contributed by atoms with Crippen LogP contribution in [0, 0.1) is 17.2 Å². The molecule has 1 atom stereocenters. The molecule has 1 aromatic carbocycles. The van der Waals surface area contributed by atoms with E-state index in [9.17, 15) is 5.11 Å². The molecule has 0 heterocycles. The van der Waals surface area contributed by atoms with Crippen LogP contribution in [0.15, 0.2) is 18.2 Å². The second kappa shape index (κ2) is 5.99. The molecule has 0 aliphatic heterocycles. The second-order valence-corrected chi connectivity index (χ2v) is 3.66. The lowest BCUT2D eigenvalue weighted by Gasteiger charge is -2.09. The lowest BCUT2D eigenvalue weighted by atomic mass is 10.1. The summed E-state index contributed by atoms with van der Waals surface area (Å²) in [6.07, 6.45) is 0. The van der Waals surface area contributed by atoms with Crippen molar-refractivity contribution in [2.45, 2.75) is 13.5 Å². The quantitative estimate of drug-likeness (QED) is 0.792. The maximum absolute atomic E-state index is 9.59. The third kappa shape index (κ3) is 3.44. The zero-order chi connectivity index (χ0) is 12.0. The highest BCUT2D eigenvalue weighted by molar-refractivity contribution is 5.39. The van der Waals surface area contributed by atoms with E-state index in [0.717, 1.165) is 5.56 Å². The highest BCUT2D eigenvalue weighted by Gasteiger charge is 2.04. The second-order valence-electron chi connectivity index (χ2n) is 3.66. The van der Waals surface area contributed by atoms with Crippen LogP contribution in [0.2, 0.25) is 0 Å². The SMILES string of the molecule is COc1ccc(O)c(CNCC(C)C#N)c1. The van der Waals surface area contributed by atoms with Crippen molar-refractivity contribution in [1.29, 1.82) is 5.26 Å². The van der Waals surface area contributed by atoms with Crippen LogP contribution in [0.3, 0.4) is 0 Å². The van der Waals surface area contributed by atoms with E-state index in [-0.39, 0.29) is 11.7 Å². The Bertz CT molecular complexity index is 385. The molecular formula is C12H16N2O2. The molecule has 0 fully saturated rings. The average molecular weight is 220 g/mol. The number of rotatable bonds is 5. The van der Waals surface area contributed by atoms with Gasteiger partial charge in [-0.15, -0.1) is 0 Å². The molecule has 1 unspecified atom stereocenters. The minimum Gasteiger partial charge on any atom is -0.508 e. The molecule has 0 saturated heterocycles. The van der Waals surface area contributed by atoms with Crippen LogP contribution < -0.4 is 10.1 Å². The summed E-state index contributed by atoms with van der Waals surface area (Å²) in [5, 5.41) is 21.3. The van der Waals surface area contributed by atoms with Crippen molar-refractivity contribution in [3.05, 3.63) is 23.8 Å². The fourth-order valence-electron chi connectivity index (χ4n) is 1.30. The van der Waals surface area contributed by atoms with Gasteiger partial charge in [-0.1, -0.05) is 0 Å². The van der Waals surface area contributed by atoms with Crippen LogP contribution in [0.1, 0.15) is 12.5 Å². The molecule has 0 amide bonds. The van der Waals surface area contributed by atoms with Crippen molar-refractivity contribution in [3.8, 4) is 17.6 Å². The summed E-state index contributed by atoms with van der Waals surface area (Å²) in [6.45, 7) is 2.97. The summed E-state index contributed by atoms with van der Waals surface area (Å²) < 4.78 is 5.07. The van der Waals surface area contributed by atoms with Crippen LogP contribution in [-0.2, 0) is 6.54 Å². The predicted octanol–water partition coefficient (Wildman–Crippen LogP) is 1.65. The molecule has 0 aliphatic rings. The zero-order valence-electron chi connectivity index (χ0n) is 9.53. The Morgan fingerprint density at radius 3 is 2.94 bits per heavy atom. The minimum atomic E-state index is -0.0345. The first-order valence-electron chi connectivity index (χ1n) is 5.13. The number of phenols is 1. The minimum absolute atomic E-state index is 0.0345. The van der Waals surface area contributed by atoms with Gasteiger partial charge in [0, 0.05) is 18.7 Å². The third-order valence-electron chi connectivity index (χ3n) is 2.27. The largest absolute Gasteiger partial charge is 0.508 e. The van der Waals surface area contributed by atoms with E-state index in [1.807, 2.05) is 6.92 Å². The number of phenolic OH excluding ortho intramolecular Hbond substituents is 1. The van der Waals surface area contributed by atoms with Crippen molar-refractivity contribution < 1.29 is 9.84 Å². The number of methoxy groups -OCH3 is 1. The Morgan fingerprint density at radius 2 is 2.31 bits per heavy atom. The van der Waals surface area contributed by atoms with Gasteiger partial charge in [0.25, 0.3) is 0 Å². The van der Waals surface area contributed by atoms with Crippen LogP contribution >= 0.6 is 0 Å². The van der Waals surface area contributed by atoms with Crippen LogP contribution in [-0.4, -0.2) is 18.8 Å². The first-order valence-corrected chi connectivity index (χ1v) is 5.13. The van der Waals surface area contributed by atoms with Crippen LogP contribution in [0.5, 0.6) is 11.5 Å². The number of aromatic hydroxyl groups is 1. The van der Waals surface area contributed by atoms with E-state index in [1.165, 1.54) is 0 Å². The molecule has 0 bridgehead atoms. The fourth-order valence-corrected chi connectivity index (χ4v) is 1.30. The molecular weight excluding hydrogens is 204 g/mol. The van der Waals surface area contributed by atoms with Gasteiger partial charge in [-0.25, -0.2) is 0 Å². The van der Waals surface area contributed by atoms with Gasteiger partial charge in [-0.3, -0.25) is 0 Å². The normalized spacial score (nSPS) is 11.8. The number of nitriles is 1. The predicted molar refractivity (Wildman–Crippen MR) is 61.1 cm³/mol. The van der Waals surface area contributed by atoms with Gasteiger partial charge in [0.05, 0.1) is 19.1 Å². The number of nitrogens with zero attached hydrogens (tertiary/aromatic N) is 1. The van der Waals surface area contributed by atoms with Crippen LogP contribution in [0.4, 0.5) is 0 Å². The standard InChI is InChI=1S/C12H16N2O2/c1-9(6-13)7-14-8-10-5-11(16-2)3-4-12(10)15/h3-5,9,14-15H,7-8H2,1-2H3. The van der Waals surface area contributed by atoms with E-state index < -0.39 is 0 Å². The third-order valence-corrected chi connectivity index (χ3v) is 2.27. The van der Waals surface area contributed by atoms with Crippen molar-refractivity contribution >= 4 is 0 Å². The highest BCUT2D eigenvalue weighted by Crippen LogP contribution is 2.22. The average Bonchev–Trinajstić information content (AvgIpc) is 2.31. The number of nitrogens with one attached hydrogen (secondary N) is 1. The summed E-state index contributed by atoms with van der Waals surface area (Å²) in [4.78, 5) is 0. The van der Waals surface area contributed by atoms with Gasteiger partial charge in [-0.2, -0.15) is 5.26 Å². The molecule has 0 aromatic heterocycles. The topological polar surface area (TPSA) is 65.3 Å². The van der Waals surface area contributed by atoms with E-state index in [0.29, 0.717) is 18.8 Å². The Balaban J connectivity index is 2.56. The van der Waals surface area contributed by atoms with Crippen LogP contribution in [0.25, 0.3) is 0 Å². The van der Waals surface area contributed by atoms with E-state index >= 15 is 0 Å². The Labute approximate surface area is 95.5 Å². The summed E-state index contributed by atoms with van der Waals surface area (Å²) in [6, 6.07) is 7.22. The molecule has 0 saturated carbocycles. The Hall–Kier alpha value is -1.73. The first-order chi connectivity index (χ1) is 7.67. The van der Waals surface area contributed by atoms with Gasteiger partial charge in [0.1, 0.15) is 11.5 Å². The van der Waals surface area contributed by atoms with Gasteiger partial charge in [-0.05, 0) is 25.1 Å². The summed E-state index contributed by atoms with van der Waals surface area (Å²) in [5.41, 5.74) is 0.768. The molecule has 0 spiro atoms. The lowest BCUT2D eigenvalue weighted by molar-refractivity contribution is 0.410. The van der Waals surface area contributed by atoms with Gasteiger partial charge >= 0.3 is 0 Å². The number of benzene rings is 1. The fraction of sp³-hybridized carbons (Fsp3) is 0.417.